The maximum atomic E-state index is 12.5. The summed E-state index contributed by atoms with van der Waals surface area (Å²) < 4.78 is 5.09. The zero-order valence-electron chi connectivity index (χ0n) is 14.7. The molecule has 1 fully saturated rings. The van der Waals surface area contributed by atoms with Crippen LogP contribution in [0.1, 0.15) is 21.5 Å². The molecule has 0 radical (unpaired) electrons. The third-order valence-corrected chi connectivity index (χ3v) is 5.30. The van der Waals surface area contributed by atoms with Gasteiger partial charge in [0.15, 0.2) is 0 Å². The van der Waals surface area contributed by atoms with Gasteiger partial charge >= 0.3 is 0 Å². The molecule has 2 aromatic carbocycles. The number of amides is 1. The van der Waals surface area contributed by atoms with Crippen LogP contribution < -0.4 is 10.2 Å². The first-order chi connectivity index (χ1) is 12.2. The monoisotopic (exact) mass is 356 g/mol. The second-order valence-electron chi connectivity index (χ2n) is 6.18. The van der Waals surface area contributed by atoms with Crippen molar-refractivity contribution in [1.29, 1.82) is 0 Å². The maximum Gasteiger partial charge on any atom is 0.255 e. The number of anilines is 2. The molecule has 0 unspecified atom stereocenters. The van der Waals surface area contributed by atoms with Crippen molar-refractivity contribution in [3.8, 4) is 0 Å². The van der Waals surface area contributed by atoms with E-state index < -0.39 is 0 Å². The lowest BCUT2D eigenvalue weighted by Crippen LogP contribution is -2.32. The second kappa shape index (κ2) is 8.41. The third-order valence-electron chi connectivity index (χ3n) is 4.36. The number of nitrogens with one attached hydrogen (secondary N) is 1. The largest absolute Gasteiger partial charge is 0.380 e. The van der Waals surface area contributed by atoms with Gasteiger partial charge in [0.05, 0.1) is 6.61 Å². The minimum atomic E-state index is -0.0887. The zero-order chi connectivity index (χ0) is 17.6. The third kappa shape index (κ3) is 4.55. The van der Waals surface area contributed by atoms with Crippen LogP contribution in [0.3, 0.4) is 0 Å². The van der Waals surface area contributed by atoms with E-state index >= 15 is 0 Å². The van der Waals surface area contributed by atoms with Crippen LogP contribution in [0, 0.1) is 6.92 Å². The molecule has 3 rings (SSSR count). The molecule has 1 aliphatic rings. The first-order valence-electron chi connectivity index (χ1n) is 8.50. The zero-order valence-corrected chi connectivity index (χ0v) is 15.6. The molecule has 0 aromatic heterocycles. The van der Waals surface area contributed by atoms with Gasteiger partial charge in [-0.05, 0) is 48.4 Å². The van der Waals surface area contributed by atoms with Crippen molar-refractivity contribution in [2.45, 2.75) is 13.5 Å². The molecule has 25 heavy (non-hydrogen) atoms. The molecule has 4 nitrogen and oxygen atoms in total. The molecule has 0 atom stereocenters. The fourth-order valence-corrected chi connectivity index (χ4v) is 3.82. The average molecular weight is 356 g/mol. The Hall–Kier alpha value is -1.98. The van der Waals surface area contributed by atoms with Crippen LogP contribution in [0.2, 0.25) is 0 Å². The minimum Gasteiger partial charge on any atom is -0.380 e. The van der Waals surface area contributed by atoms with Gasteiger partial charge in [-0.3, -0.25) is 4.79 Å². The summed E-state index contributed by atoms with van der Waals surface area (Å²) in [7, 11) is 1.66. The SMILES string of the molecule is COCc1ccc(C(=O)Nc2ccc(N3CCSCC3)cc2C)cc1. The summed E-state index contributed by atoms with van der Waals surface area (Å²) in [6.07, 6.45) is 0. The molecule has 2 aromatic rings. The molecule has 132 valence electrons. The number of ether oxygens (including phenoxy) is 1. The van der Waals surface area contributed by atoms with Gasteiger partial charge in [-0.25, -0.2) is 0 Å². The first-order valence-corrected chi connectivity index (χ1v) is 9.65. The molecular formula is C20H24N2O2S. The summed E-state index contributed by atoms with van der Waals surface area (Å²) in [5, 5.41) is 3.02. The van der Waals surface area contributed by atoms with E-state index in [2.05, 4.69) is 22.3 Å². The summed E-state index contributed by atoms with van der Waals surface area (Å²) in [6.45, 7) is 4.77. The van der Waals surface area contributed by atoms with E-state index in [0.717, 1.165) is 29.9 Å². The number of rotatable bonds is 5. The lowest BCUT2D eigenvalue weighted by Gasteiger charge is -2.29. The smallest absolute Gasteiger partial charge is 0.255 e. The van der Waals surface area contributed by atoms with Gasteiger partial charge in [0.2, 0.25) is 0 Å². The van der Waals surface area contributed by atoms with Gasteiger partial charge in [0, 0.05) is 48.6 Å². The quantitative estimate of drug-likeness (QED) is 0.881. The number of nitrogens with zero attached hydrogens (tertiary/aromatic N) is 1. The molecular weight excluding hydrogens is 332 g/mol. The number of aryl methyl sites for hydroxylation is 1. The Kier molecular flexibility index (Phi) is 6.00. The number of hydrogen-bond acceptors (Lipinski definition) is 4. The van der Waals surface area contributed by atoms with E-state index in [1.807, 2.05) is 49.0 Å². The molecule has 0 bridgehead atoms. The van der Waals surface area contributed by atoms with Crippen molar-refractivity contribution in [3.05, 3.63) is 59.2 Å². The summed E-state index contributed by atoms with van der Waals surface area (Å²) in [5.74, 6) is 2.27. The Morgan fingerprint density at radius 3 is 2.52 bits per heavy atom. The Labute approximate surface area is 153 Å². The molecule has 1 heterocycles. The fraction of sp³-hybridized carbons (Fsp3) is 0.350. The van der Waals surface area contributed by atoms with Crippen LogP contribution in [0.4, 0.5) is 11.4 Å². The Morgan fingerprint density at radius 2 is 1.88 bits per heavy atom. The summed E-state index contributed by atoms with van der Waals surface area (Å²) in [6, 6.07) is 13.8. The predicted molar refractivity (Wildman–Crippen MR) is 106 cm³/mol. The highest BCUT2D eigenvalue weighted by Gasteiger charge is 2.13. The van der Waals surface area contributed by atoms with Crippen LogP contribution in [0.5, 0.6) is 0 Å². The van der Waals surface area contributed by atoms with E-state index in [0.29, 0.717) is 12.2 Å². The number of carbonyl (C=O) groups excluding carboxylic acids is 1. The number of thioether (sulfide) groups is 1. The second-order valence-corrected chi connectivity index (χ2v) is 7.41. The summed E-state index contributed by atoms with van der Waals surface area (Å²) >= 11 is 2.00. The number of methoxy groups -OCH3 is 1. The van der Waals surface area contributed by atoms with Crippen LogP contribution >= 0.6 is 11.8 Å². The standard InChI is InChI=1S/C20H24N2O2S/c1-15-13-18(22-9-11-25-12-10-22)7-8-19(15)21-20(23)17-5-3-16(4-6-17)14-24-2/h3-8,13H,9-12,14H2,1-2H3,(H,21,23). The fourth-order valence-electron chi connectivity index (χ4n) is 2.92. The van der Waals surface area contributed by atoms with E-state index in [9.17, 15) is 4.79 Å². The Balaban J connectivity index is 1.68. The minimum absolute atomic E-state index is 0.0887. The molecule has 1 N–H and O–H groups in total. The van der Waals surface area contributed by atoms with Crippen molar-refractivity contribution >= 4 is 29.0 Å². The van der Waals surface area contributed by atoms with Crippen LogP contribution in [0.15, 0.2) is 42.5 Å². The van der Waals surface area contributed by atoms with Crippen molar-refractivity contribution in [3.63, 3.8) is 0 Å². The van der Waals surface area contributed by atoms with Gasteiger partial charge in [-0.15, -0.1) is 0 Å². The normalized spacial score (nSPS) is 14.4. The summed E-state index contributed by atoms with van der Waals surface area (Å²) in [5.41, 5.74) is 4.89. The Bertz CT molecular complexity index is 725. The average Bonchev–Trinajstić information content (AvgIpc) is 2.65. The molecule has 0 saturated carbocycles. The van der Waals surface area contributed by atoms with Gasteiger partial charge < -0.3 is 15.0 Å². The highest BCUT2D eigenvalue weighted by atomic mass is 32.2. The van der Waals surface area contributed by atoms with Crippen LogP contribution in [-0.2, 0) is 11.3 Å². The molecule has 1 amide bonds. The van der Waals surface area contributed by atoms with Crippen LogP contribution in [-0.4, -0.2) is 37.6 Å². The molecule has 0 aliphatic carbocycles. The molecule has 1 aliphatic heterocycles. The maximum absolute atomic E-state index is 12.5. The predicted octanol–water partition coefficient (Wildman–Crippen LogP) is 3.95. The molecule has 0 spiro atoms. The van der Waals surface area contributed by atoms with Crippen LogP contribution in [0.25, 0.3) is 0 Å². The van der Waals surface area contributed by atoms with Gasteiger partial charge in [0.1, 0.15) is 0 Å². The lowest BCUT2D eigenvalue weighted by molar-refractivity contribution is 0.102. The van der Waals surface area contributed by atoms with Gasteiger partial charge in [-0.1, -0.05) is 12.1 Å². The highest BCUT2D eigenvalue weighted by molar-refractivity contribution is 7.99. The van der Waals surface area contributed by atoms with Gasteiger partial charge in [0.25, 0.3) is 5.91 Å². The van der Waals surface area contributed by atoms with E-state index in [1.54, 1.807) is 7.11 Å². The number of carbonyl (C=O) groups is 1. The topological polar surface area (TPSA) is 41.6 Å². The first kappa shape index (κ1) is 17.8. The Morgan fingerprint density at radius 1 is 1.16 bits per heavy atom. The van der Waals surface area contributed by atoms with Crippen molar-refractivity contribution < 1.29 is 9.53 Å². The molecule has 1 saturated heterocycles. The van der Waals surface area contributed by atoms with Crippen molar-refractivity contribution in [2.75, 3.05) is 41.9 Å². The summed E-state index contributed by atoms with van der Waals surface area (Å²) in [4.78, 5) is 14.9. The highest BCUT2D eigenvalue weighted by Crippen LogP contribution is 2.25. The van der Waals surface area contributed by atoms with E-state index in [1.165, 1.54) is 17.2 Å². The number of hydrogen-bond donors (Lipinski definition) is 1. The van der Waals surface area contributed by atoms with E-state index in [-0.39, 0.29) is 5.91 Å². The lowest BCUT2D eigenvalue weighted by atomic mass is 10.1. The molecule has 5 heteroatoms. The number of benzene rings is 2. The van der Waals surface area contributed by atoms with Crippen molar-refractivity contribution in [1.82, 2.24) is 0 Å². The van der Waals surface area contributed by atoms with E-state index in [4.69, 9.17) is 4.74 Å². The van der Waals surface area contributed by atoms with Gasteiger partial charge in [-0.2, -0.15) is 11.8 Å². The van der Waals surface area contributed by atoms with Crippen molar-refractivity contribution in [2.24, 2.45) is 0 Å².